The molecule has 0 spiro atoms. The second-order valence-corrected chi connectivity index (χ2v) is 4.36. The second-order valence-electron chi connectivity index (χ2n) is 3.65. The number of methoxy groups -OCH3 is 1. The highest BCUT2D eigenvalue weighted by Gasteiger charge is 2.14. The van der Waals surface area contributed by atoms with Crippen molar-refractivity contribution in [2.45, 2.75) is 6.54 Å². The Labute approximate surface area is 112 Å². The number of benzene rings is 1. The van der Waals surface area contributed by atoms with Crippen molar-refractivity contribution in [3.8, 4) is 5.75 Å². The lowest BCUT2D eigenvalue weighted by atomic mass is 10.2. The molecule has 5 nitrogen and oxygen atoms in total. The zero-order valence-electron chi connectivity index (χ0n) is 9.63. The van der Waals surface area contributed by atoms with Crippen molar-refractivity contribution in [3.05, 3.63) is 46.5 Å². The first-order chi connectivity index (χ1) is 8.61. The normalized spacial score (nSPS) is 10.3. The van der Waals surface area contributed by atoms with Gasteiger partial charge in [-0.05, 0) is 33.6 Å². The molecule has 1 aromatic heterocycles. The number of nitrogens with zero attached hydrogens (tertiary/aromatic N) is 2. The van der Waals surface area contributed by atoms with Gasteiger partial charge in [0.1, 0.15) is 11.4 Å². The Morgan fingerprint density at radius 2 is 2.11 bits per heavy atom. The van der Waals surface area contributed by atoms with Crippen LogP contribution in [-0.4, -0.2) is 27.7 Å². The Kier molecular flexibility index (Phi) is 3.66. The number of carboxylic acids is 1. The Balaban J connectivity index is 2.27. The molecule has 0 saturated heterocycles. The summed E-state index contributed by atoms with van der Waals surface area (Å²) < 4.78 is 7.15. The van der Waals surface area contributed by atoms with E-state index < -0.39 is 5.97 Å². The van der Waals surface area contributed by atoms with E-state index in [1.165, 1.54) is 6.20 Å². The van der Waals surface area contributed by atoms with E-state index in [9.17, 15) is 4.79 Å². The molecule has 0 radical (unpaired) electrons. The standard InChI is InChI=1S/C12H11BrN2O3/c1-18-9-4-2-8(3-5-9)7-15-10(11(16)17)6-14-12(15)13/h2-6H,7H2,1H3,(H,16,17). The summed E-state index contributed by atoms with van der Waals surface area (Å²) in [6.45, 7) is 0.437. The molecule has 0 aliphatic carbocycles. The van der Waals surface area contributed by atoms with Gasteiger partial charge in [-0.2, -0.15) is 0 Å². The topological polar surface area (TPSA) is 64.3 Å². The molecular weight excluding hydrogens is 300 g/mol. The summed E-state index contributed by atoms with van der Waals surface area (Å²) >= 11 is 3.23. The summed E-state index contributed by atoms with van der Waals surface area (Å²) in [5, 5.41) is 9.04. The van der Waals surface area contributed by atoms with Crippen molar-refractivity contribution in [2.24, 2.45) is 0 Å². The van der Waals surface area contributed by atoms with E-state index in [0.717, 1.165) is 11.3 Å². The largest absolute Gasteiger partial charge is 0.497 e. The minimum absolute atomic E-state index is 0.151. The minimum atomic E-state index is -0.998. The van der Waals surface area contributed by atoms with Gasteiger partial charge in [-0.3, -0.25) is 0 Å². The van der Waals surface area contributed by atoms with Gasteiger partial charge in [0, 0.05) is 0 Å². The molecule has 0 aliphatic heterocycles. The van der Waals surface area contributed by atoms with Crippen molar-refractivity contribution in [3.63, 3.8) is 0 Å². The van der Waals surface area contributed by atoms with Crippen LogP contribution in [-0.2, 0) is 6.54 Å². The van der Waals surface area contributed by atoms with Crippen LogP contribution in [0.15, 0.2) is 35.2 Å². The molecule has 0 amide bonds. The van der Waals surface area contributed by atoms with Crippen molar-refractivity contribution in [1.82, 2.24) is 9.55 Å². The highest BCUT2D eigenvalue weighted by atomic mass is 79.9. The molecule has 0 atom stereocenters. The number of rotatable bonds is 4. The van der Waals surface area contributed by atoms with E-state index in [-0.39, 0.29) is 5.69 Å². The number of ether oxygens (including phenoxy) is 1. The summed E-state index contributed by atoms with van der Waals surface area (Å²) in [6.07, 6.45) is 1.33. The maximum Gasteiger partial charge on any atom is 0.354 e. The Morgan fingerprint density at radius 1 is 1.44 bits per heavy atom. The Bertz CT molecular complexity index is 563. The predicted octanol–water partition coefficient (Wildman–Crippen LogP) is 2.40. The van der Waals surface area contributed by atoms with Gasteiger partial charge in [-0.25, -0.2) is 9.78 Å². The minimum Gasteiger partial charge on any atom is -0.497 e. The molecule has 1 heterocycles. The van der Waals surface area contributed by atoms with Crippen LogP contribution in [0.25, 0.3) is 0 Å². The third-order valence-electron chi connectivity index (χ3n) is 2.53. The van der Waals surface area contributed by atoms with Gasteiger partial charge in [-0.1, -0.05) is 12.1 Å². The van der Waals surface area contributed by atoms with Crippen LogP contribution in [0.1, 0.15) is 16.1 Å². The van der Waals surface area contributed by atoms with Crippen LogP contribution >= 0.6 is 15.9 Å². The van der Waals surface area contributed by atoms with Gasteiger partial charge < -0.3 is 14.4 Å². The van der Waals surface area contributed by atoms with Crippen LogP contribution in [0.2, 0.25) is 0 Å². The van der Waals surface area contributed by atoms with Gasteiger partial charge >= 0.3 is 5.97 Å². The highest BCUT2D eigenvalue weighted by molar-refractivity contribution is 9.10. The number of halogens is 1. The van der Waals surface area contributed by atoms with E-state index in [0.29, 0.717) is 11.3 Å². The van der Waals surface area contributed by atoms with Gasteiger partial charge in [0.05, 0.1) is 19.9 Å². The zero-order valence-corrected chi connectivity index (χ0v) is 11.2. The zero-order chi connectivity index (χ0) is 13.1. The first-order valence-corrected chi connectivity index (χ1v) is 5.98. The van der Waals surface area contributed by atoms with Crippen LogP contribution < -0.4 is 4.74 Å². The Morgan fingerprint density at radius 3 is 2.67 bits per heavy atom. The second kappa shape index (κ2) is 5.22. The van der Waals surface area contributed by atoms with E-state index in [2.05, 4.69) is 20.9 Å². The van der Waals surface area contributed by atoms with Crippen molar-refractivity contribution in [2.75, 3.05) is 7.11 Å². The Hall–Kier alpha value is -1.82. The molecule has 0 aliphatic rings. The average molecular weight is 311 g/mol. The van der Waals surface area contributed by atoms with Crippen LogP contribution in [0.4, 0.5) is 0 Å². The number of aromatic nitrogens is 2. The molecule has 0 unspecified atom stereocenters. The number of carboxylic acid groups (broad SMARTS) is 1. The molecule has 1 aromatic carbocycles. The fourth-order valence-corrected chi connectivity index (χ4v) is 2.01. The molecule has 1 N–H and O–H groups in total. The van der Waals surface area contributed by atoms with Crippen LogP contribution in [0.5, 0.6) is 5.75 Å². The molecule has 2 aromatic rings. The summed E-state index contributed by atoms with van der Waals surface area (Å²) in [5.41, 5.74) is 1.12. The first kappa shape index (κ1) is 12.6. The monoisotopic (exact) mass is 310 g/mol. The van der Waals surface area contributed by atoms with Crippen LogP contribution in [0, 0.1) is 0 Å². The van der Waals surface area contributed by atoms with Gasteiger partial charge in [0.2, 0.25) is 0 Å². The lowest BCUT2D eigenvalue weighted by molar-refractivity contribution is 0.0685. The quantitative estimate of drug-likeness (QED) is 0.942. The smallest absolute Gasteiger partial charge is 0.354 e. The number of hydrogen-bond donors (Lipinski definition) is 1. The van der Waals surface area contributed by atoms with Gasteiger partial charge in [-0.15, -0.1) is 0 Å². The molecule has 2 rings (SSSR count). The third kappa shape index (κ3) is 2.53. The molecule has 0 saturated carbocycles. The molecule has 18 heavy (non-hydrogen) atoms. The molecular formula is C12H11BrN2O3. The lowest BCUT2D eigenvalue weighted by Gasteiger charge is -2.08. The maximum atomic E-state index is 11.0. The van der Waals surface area contributed by atoms with Crippen molar-refractivity contribution in [1.29, 1.82) is 0 Å². The number of aromatic carboxylic acids is 1. The highest BCUT2D eigenvalue weighted by Crippen LogP contribution is 2.17. The van der Waals surface area contributed by atoms with Gasteiger partial charge in [0.15, 0.2) is 4.73 Å². The number of imidazole rings is 1. The van der Waals surface area contributed by atoms with E-state index in [1.807, 2.05) is 24.3 Å². The van der Waals surface area contributed by atoms with E-state index in [1.54, 1.807) is 11.7 Å². The summed E-state index contributed by atoms with van der Waals surface area (Å²) in [7, 11) is 1.60. The molecule has 0 bridgehead atoms. The van der Waals surface area contributed by atoms with E-state index >= 15 is 0 Å². The molecule has 6 heteroatoms. The van der Waals surface area contributed by atoms with Crippen molar-refractivity contribution >= 4 is 21.9 Å². The molecule has 0 fully saturated rings. The predicted molar refractivity (Wildman–Crippen MR) is 69.0 cm³/mol. The SMILES string of the molecule is COc1ccc(Cn2c(C(=O)O)cnc2Br)cc1. The lowest BCUT2D eigenvalue weighted by Crippen LogP contribution is -2.09. The maximum absolute atomic E-state index is 11.0. The summed E-state index contributed by atoms with van der Waals surface area (Å²) in [4.78, 5) is 15.0. The molecule has 94 valence electrons. The fraction of sp³-hybridized carbons (Fsp3) is 0.167. The summed E-state index contributed by atoms with van der Waals surface area (Å²) in [6, 6.07) is 7.44. The third-order valence-corrected chi connectivity index (χ3v) is 3.16. The summed E-state index contributed by atoms with van der Waals surface area (Å²) in [5.74, 6) is -0.233. The first-order valence-electron chi connectivity index (χ1n) is 5.19. The number of hydrogen-bond acceptors (Lipinski definition) is 3. The van der Waals surface area contributed by atoms with Gasteiger partial charge in [0.25, 0.3) is 0 Å². The van der Waals surface area contributed by atoms with Crippen molar-refractivity contribution < 1.29 is 14.6 Å². The number of carbonyl (C=O) groups is 1. The fourth-order valence-electron chi connectivity index (χ4n) is 1.59. The van der Waals surface area contributed by atoms with Crippen LogP contribution in [0.3, 0.4) is 0 Å². The van der Waals surface area contributed by atoms with E-state index in [4.69, 9.17) is 9.84 Å². The average Bonchev–Trinajstić information content (AvgIpc) is 2.72.